The fourth-order valence-corrected chi connectivity index (χ4v) is 2.11. The fraction of sp³-hybridized carbons (Fsp3) is 0.375. The van der Waals surface area contributed by atoms with Crippen LogP contribution >= 0.6 is 0 Å². The minimum absolute atomic E-state index is 0.000441. The number of hydrogen-bond donors (Lipinski definition) is 1. The first-order chi connectivity index (χ1) is 9.58. The summed E-state index contributed by atoms with van der Waals surface area (Å²) in [5, 5.41) is 8.73. The number of hydrogen-bond acceptors (Lipinski definition) is 2. The van der Waals surface area contributed by atoms with E-state index >= 15 is 0 Å². The van der Waals surface area contributed by atoms with Gasteiger partial charge in [0.2, 0.25) is 5.91 Å². The lowest BCUT2D eigenvalue weighted by Gasteiger charge is -2.19. The van der Waals surface area contributed by atoms with Crippen LogP contribution in [0.2, 0.25) is 0 Å². The van der Waals surface area contributed by atoms with Gasteiger partial charge in [0.25, 0.3) is 0 Å². The van der Waals surface area contributed by atoms with Crippen LogP contribution in [-0.4, -0.2) is 34.5 Å². The lowest BCUT2D eigenvalue weighted by Crippen LogP contribution is -2.33. The highest BCUT2D eigenvalue weighted by Crippen LogP contribution is 2.27. The molecule has 0 aliphatic heterocycles. The number of nitrogens with zero attached hydrogens (tertiary/aromatic N) is 1. The lowest BCUT2D eigenvalue weighted by molar-refractivity contribution is -0.138. The van der Waals surface area contributed by atoms with Gasteiger partial charge in [0.15, 0.2) is 0 Å². The van der Waals surface area contributed by atoms with Gasteiger partial charge < -0.3 is 10.0 Å². The highest BCUT2D eigenvalue weighted by atomic mass is 16.4. The molecule has 20 heavy (non-hydrogen) atoms. The van der Waals surface area contributed by atoms with Gasteiger partial charge in [-0.1, -0.05) is 24.3 Å². The molecule has 1 saturated carbocycles. The van der Waals surface area contributed by atoms with E-state index in [1.165, 1.54) is 0 Å². The smallest absolute Gasteiger partial charge is 0.305 e. The van der Waals surface area contributed by atoms with Crippen molar-refractivity contribution < 1.29 is 14.7 Å². The maximum absolute atomic E-state index is 12.2. The first kappa shape index (κ1) is 14.3. The highest BCUT2D eigenvalue weighted by molar-refractivity contribution is 5.92. The summed E-state index contributed by atoms with van der Waals surface area (Å²) in [7, 11) is 0. The number of carbonyl (C=O) groups is 2. The Bertz CT molecular complexity index is 532. The molecule has 0 bridgehead atoms. The molecule has 1 aliphatic rings. The molecule has 4 nitrogen and oxygen atoms in total. The van der Waals surface area contributed by atoms with Crippen molar-refractivity contribution in [3.63, 3.8) is 0 Å². The molecule has 4 heteroatoms. The zero-order chi connectivity index (χ0) is 14.5. The third kappa shape index (κ3) is 3.95. The maximum atomic E-state index is 12.2. The zero-order valence-corrected chi connectivity index (χ0v) is 11.6. The van der Waals surface area contributed by atoms with Gasteiger partial charge in [0, 0.05) is 18.7 Å². The molecule has 1 N–H and O–H groups in total. The van der Waals surface area contributed by atoms with Crippen LogP contribution in [0.15, 0.2) is 30.3 Å². The van der Waals surface area contributed by atoms with E-state index in [0.29, 0.717) is 0 Å². The predicted molar refractivity (Wildman–Crippen MR) is 77.2 cm³/mol. The lowest BCUT2D eigenvalue weighted by atomic mass is 10.1. The van der Waals surface area contributed by atoms with E-state index in [1.807, 2.05) is 31.2 Å². The van der Waals surface area contributed by atoms with Gasteiger partial charge in [0.05, 0.1) is 6.42 Å². The number of aliphatic carboxylic acids is 1. The van der Waals surface area contributed by atoms with Gasteiger partial charge in [-0.05, 0) is 37.0 Å². The number of carboxylic acid groups (broad SMARTS) is 1. The van der Waals surface area contributed by atoms with Crippen molar-refractivity contribution in [2.24, 2.45) is 0 Å². The van der Waals surface area contributed by atoms with Gasteiger partial charge in [0.1, 0.15) is 0 Å². The molecule has 0 saturated heterocycles. The summed E-state index contributed by atoms with van der Waals surface area (Å²) in [5.74, 6) is -0.969. The van der Waals surface area contributed by atoms with E-state index < -0.39 is 5.97 Å². The molecule has 0 aromatic heterocycles. The summed E-state index contributed by atoms with van der Waals surface area (Å²) in [6, 6.07) is 8.06. The van der Waals surface area contributed by atoms with Crippen LogP contribution in [0.25, 0.3) is 6.08 Å². The Labute approximate surface area is 118 Å². The van der Waals surface area contributed by atoms with E-state index in [9.17, 15) is 9.59 Å². The number of benzene rings is 1. The standard InChI is InChI=1S/C16H19NO3/c1-12-4-2-3-5-13(12)6-9-15(18)17(14-7-8-14)11-10-16(19)20/h2-6,9,14H,7-8,10-11H2,1H3,(H,19,20)/b9-6+. The molecule has 0 unspecified atom stereocenters. The average molecular weight is 273 g/mol. The molecule has 1 aromatic rings. The monoisotopic (exact) mass is 273 g/mol. The molecule has 2 rings (SSSR count). The molecule has 1 aliphatic carbocycles. The van der Waals surface area contributed by atoms with Gasteiger partial charge in [-0.3, -0.25) is 9.59 Å². The van der Waals surface area contributed by atoms with Crippen LogP contribution in [0.1, 0.15) is 30.4 Å². The predicted octanol–water partition coefficient (Wildman–Crippen LogP) is 2.47. The van der Waals surface area contributed by atoms with Crippen LogP contribution in [0.4, 0.5) is 0 Å². The number of aryl methyl sites for hydroxylation is 1. The average Bonchev–Trinajstić information content (AvgIpc) is 3.22. The second-order valence-corrected chi connectivity index (χ2v) is 5.10. The Hall–Kier alpha value is -2.10. The normalized spacial score (nSPS) is 14.4. The van der Waals surface area contributed by atoms with Crippen molar-refractivity contribution in [2.75, 3.05) is 6.54 Å². The fourth-order valence-electron chi connectivity index (χ4n) is 2.11. The Kier molecular flexibility index (Phi) is 4.56. The van der Waals surface area contributed by atoms with Crippen molar-refractivity contribution >= 4 is 18.0 Å². The van der Waals surface area contributed by atoms with Crippen LogP contribution in [0, 0.1) is 6.92 Å². The number of carbonyl (C=O) groups excluding carboxylic acids is 1. The van der Waals surface area contributed by atoms with E-state index in [-0.39, 0.29) is 24.9 Å². The van der Waals surface area contributed by atoms with Crippen molar-refractivity contribution in [1.82, 2.24) is 4.90 Å². The van der Waals surface area contributed by atoms with Gasteiger partial charge in [-0.25, -0.2) is 0 Å². The maximum Gasteiger partial charge on any atom is 0.305 e. The second kappa shape index (κ2) is 6.37. The molecule has 0 radical (unpaired) electrons. The first-order valence-corrected chi connectivity index (χ1v) is 6.84. The van der Waals surface area contributed by atoms with Crippen molar-refractivity contribution in [2.45, 2.75) is 32.2 Å². The zero-order valence-electron chi connectivity index (χ0n) is 11.6. The largest absolute Gasteiger partial charge is 0.481 e. The van der Waals surface area contributed by atoms with Gasteiger partial charge >= 0.3 is 5.97 Å². The third-order valence-corrected chi connectivity index (χ3v) is 3.43. The molecule has 0 atom stereocenters. The van der Waals surface area contributed by atoms with Crippen LogP contribution < -0.4 is 0 Å². The van der Waals surface area contributed by atoms with E-state index in [1.54, 1.807) is 17.1 Å². The SMILES string of the molecule is Cc1ccccc1/C=C/C(=O)N(CCC(=O)O)C1CC1. The quantitative estimate of drug-likeness (QED) is 0.810. The summed E-state index contributed by atoms with van der Waals surface area (Å²) >= 11 is 0. The molecule has 1 aromatic carbocycles. The summed E-state index contributed by atoms with van der Waals surface area (Å²) in [4.78, 5) is 24.5. The molecule has 0 heterocycles. The minimum Gasteiger partial charge on any atom is -0.481 e. The number of carboxylic acids is 1. The minimum atomic E-state index is -0.869. The topological polar surface area (TPSA) is 57.6 Å². The van der Waals surface area contributed by atoms with Crippen molar-refractivity contribution in [3.05, 3.63) is 41.5 Å². The summed E-state index contributed by atoms with van der Waals surface area (Å²) < 4.78 is 0. The summed E-state index contributed by atoms with van der Waals surface area (Å²) in [6.45, 7) is 2.28. The Morgan fingerprint density at radius 3 is 2.65 bits per heavy atom. The van der Waals surface area contributed by atoms with Crippen LogP contribution in [0.5, 0.6) is 0 Å². The molecule has 0 spiro atoms. The first-order valence-electron chi connectivity index (χ1n) is 6.84. The summed E-state index contributed by atoms with van der Waals surface area (Å²) in [5.41, 5.74) is 2.12. The third-order valence-electron chi connectivity index (χ3n) is 3.43. The van der Waals surface area contributed by atoms with E-state index in [4.69, 9.17) is 5.11 Å². The second-order valence-electron chi connectivity index (χ2n) is 5.10. The van der Waals surface area contributed by atoms with Crippen LogP contribution in [0.3, 0.4) is 0 Å². The molecule has 1 fully saturated rings. The molecule has 106 valence electrons. The van der Waals surface area contributed by atoms with Crippen LogP contribution in [-0.2, 0) is 9.59 Å². The Morgan fingerprint density at radius 2 is 2.05 bits per heavy atom. The number of rotatable bonds is 6. The Morgan fingerprint density at radius 1 is 1.35 bits per heavy atom. The molecular weight excluding hydrogens is 254 g/mol. The Balaban J connectivity index is 2.01. The molecule has 1 amide bonds. The number of amides is 1. The highest BCUT2D eigenvalue weighted by Gasteiger charge is 2.31. The van der Waals surface area contributed by atoms with E-state index in [0.717, 1.165) is 24.0 Å². The van der Waals surface area contributed by atoms with Gasteiger partial charge in [-0.2, -0.15) is 0 Å². The van der Waals surface area contributed by atoms with E-state index in [2.05, 4.69) is 0 Å². The molecular formula is C16H19NO3. The van der Waals surface area contributed by atoms with Gasteiger partial charge in [-0.15, -0.1) is 0 Å². The summed E-state index contributed by atoms with van der Waals surface area (Å²) in [6.07, 6.45) is 5.30. The van der Waals surface area contributed by atoms with Crippen molar-refractivity contribution in [1.29, 1.82) is 0 Å². The van der Waals surface area contributed by atoms with Crippen molar-refractivity contribution in [3.8, 4) is 0 Å².